The molecule has 1 aliphatic rings. The molecule has 2 aromatic carbocycles. The van der Waals surface area contributed by atoms with Crippen molar-refractivity contribution in [3.63, 3.8) is 0 Å². The predicted molar refractivity (Wildman–Crippen MR) is 119 cm³/mol. The molecule has 1 heterocycles. The lowest BCUT2D eigenvalue weighted by atomic mass is 10.1. The first-order valence-electron chi connectivity index (χ1n) is 8.76. The van der Waals surface area contributed by atoms with Crippen molar-refractivity contribution in [1.82, 2.24) is 5.32 Å². The number of rotatable bonds is 6. The number of ether oxygens (including phenoxy) is 3. The third kappa shape index (κ3) is 5.41. The minimum Gasteiger partial charge on any atom is -0.493 e. The average molecular weight is 483 g/mol. The summed E-state index contributed by atoms with van der Waals surface area (Å²) in [6.45, 7) is 3.19. The molecule has 1 aliphatic heterocycles. The lowest BCUT2D eigenvalue weighted by Crippen LogP contribution is -2.38. The van der Waals surface area contributed by atoms with Gasteiger partial charge < -0.3 is 24.8 Å². The molecule has 27 heavy (non-hydrogen) atoms. The van der Waals surface area contributed by atoms with Crippen molar-refractivity contribution in [1.29, 1.82) is 0 Å². The molecular formula is C20H26IN3O3. The Hall–Kier alpha value is -2.16. The van der Waals surface area contributed by atoms with Crippen LogP contribution in [0.2, 0.25) is 0 Å². The fourth-order valence-corrected chi connectivity index (χ4v) is 2.92. The van der Waals surface area contributed by atoms with E-state index in [1.165, 1.54) is 5.56 Å². The van der Waals surface area contributed by atoms with Gasteiger partial charge in [-0.3, -0.25) is 4.99 Å². The van der Waals surface area contributed by atoms with E-state index in [4.69, 9.17) is 14.2 Å². The largest absolute Gasteiger partial charge is 0.493 e. The molecule has 0 spiro atoms. The molecule has 3 rings (SSSR count). The van der Waals surface area contributed by atoms with Crippen molar-refractivity contribution < 1.29 is 14.2 Å². The van der Waals surface area contributed by atoms with Gasteiger partial charge in [0, 0.05) is 25.2 Å². The zero-order chi connectivity index (χ0) is 18.4. The molecule has 0 bridgehead atoms. The topological polar surface area (TPSA) is 64.1 Å². The summed E-state index contributed by atoms with van der Waals surface area (Å²) in [5, 5.41) is 6.59. The number of benzene rings is 2. The molecule has 0 amide bonds. The second-order valence-electron chi connectivity index (χ2n) is 5.93. The summed E-state index contributed by atoms with van der Waals surface area (Å²) in [4.78, 5) is 4.28. The minimum atomic E-state index is 0. The molecule has 7 heteroatoms. The lowest BCUT2D eigenvalue weighted by Gasteiger charge is -2.17. The summed E-state index contributed by atoms with van der Waals surface area (Å²) in [5.41, 5.74) is 2.12. The summed E-state index contributed by atoms with van der Waals surface area (Å²) in [6, 6.07) is 13.8. The van der Waals surface area contributed by atoms with E-state index in [-0.39, 0.29) is 30.1 Å². The van der Waals surface area contributed by atoms with Crippen molar-refractivity contribution >= 4 is 35.6 Å². The summed E-state index contributed by atoms with van der Waals surface area (Å²) in [5.74, 6) is 3.05. The van der Waals surface area contributed by atoms with Crippen LogP contribution < -0.4 is 24.8 Å². The molecule has 0 saturated heterocycles. The highest BCUT2D eigenvalue weighted by atomic mass is 127. The highest BCUT2D eigenvalue weighted by molar-refractivity contribution is 14.0. The molecule has 146 valence electrons. The molecule has 2 N–H and O–H groups in total. The maximum atomic E-state index is 5.95. The Morgan fingerprint density at radius 2 is 2.04 bits per heavy atom. The number of halogens is 1. The van der Waals surface area contributed by atoms with E-state index in [0.717, 1.165) is 17.9 Å². The Labute approximate surface area is 177 Å². The van der Waals surface area contributed by atoms with Crippen LogP contribution in [0.4, 0.5) is 5.69 Å². The predicted octanol–water partition coefficient (Wildman–Crippen LogP) is 3.70. The first-order chi connectivity index (χ1) is 12.7. The number of guanidine groups is 1. The lowest BCUT2D eigenvalue weighted by molar-refractivity contribution is 0.235. The van der Waals surface area contributed by atoms with Crippen LogP contribution in [-0.2, 0) is 6.42 Å². The average Bonchev–Trinajstić information content (AvgIpc) is 3.08. The van der Waals surface area contributed by atoms with Crippen molar-refractivity contribution in [2.45, 2.75) is 19.4 Å². The van der Waals surface area contributed by atoms with Gasteiger partial charge in [0.1, 0.15) is 11.9 Å². The van der Waals surface area contributed by atoms with Gasteiger partial charge in [0.25, 0.3) is 0 Å². The molecule has 0 saturated carbocycles. The Morgan fingerprint density at radius 3 is 2.74 bits per heavy atom. The van der Waals surface area contributed by atoms with Gasteiger partial charge >= 0.3 is 0 Å². The number of hydrogen-bond donors (Lipinski definition) is 2. The maximum Gasteiger partial charge on any atom is 0.195 e. The number of nitrogens with zero attached hydrogens (tertiary/aromatic N) is 1. The summed E-state index contributed by atoms with van der Waals surface area (Å²) in [7, 11) is 3.37. The molecule has 1 unspecified atom stereocenters. The van der Waals surface area contributed by atoms with Gasteiger partial charge in [0.2, 0.25) is 0 Å². The first-order valence-corrected chi connectivity index (χ1v) is 8.76. The van der Waals surface area contributed by atoms with Crippen LogP contribution in [0, 0.1) is 0 Å². The Morgan fingerprint density at radius 1 is 1.22 bits per heavy atom. The summed E-state index contributed by atoms with van der Waals surface area (Å²) < 4.78 is 16.9. The van der Waals surface area contributed by atoms with E-state index in [2.05, 4.69) is 21.7 Å². The third-order valence-corrected chi connectivity index (χ3v) is 4.16. The van der Waals surface area contributed by atoms with Gasteiger partial charge in [0.15, 0.2) is 17.5 Å². The van der Waals surface area contributed by atoms with E-state index in [1.807, 2.05) is 43.3 Å². The zero-order valence-electron chi connectivity index (χ0n) is 15.8. The van der Waals surface area contributed by atoms with Gasteiger partial charge in [-0.1, -0.05) is 18.2 Å². The Balaban J connectivity index is 0.00000261. The maximum absolute atomic E-state index is 5.95. The molecule has 0 aliphatic carbocycles. The van der Waals surface area contributed by atoms with Crippen molar-refractivity contribution in [2.24, 2.45) is 4.99 Å². The van der Waals surface area contributed by atoms with E-state index in [9.17, 15) is 0 Å². The highest BCUT2D eigenvalue weighted by Crippen LogP contribution is 2.30. The van der Waals surface area contributed by atoms with E-state index < -0.39 is 0 Å². The Kier molecular flexibility index (Phi) is 8.02. The van der Waals surface area contributed by atoms with Crippen LogP contribution in [0.1, 0.15) is 12.5 Å². The van der Waals surface area contributed by atoms with Crippen LogP contribution in [-0.4, -0.2) is 39.4 Å². The highest BCUT2D eigenvalue weighted by Gasteiger charge is 2.22. The van der Waals surface area contributed by atoms with Gasteiger partial charge in [-0.15, -0.1) is 24.0 Å². The molecule has 6 nitrogen and oxygen atoms in total. The Bertz CT molecular complexity index is 758. The SMILES string of the molecule is CCOc1cc(NC(=NC)NCC2Cc3ccccc3O2)ccc1OC.I. The second-order valence-corrected chi connectivity index (χ2v) is 5.93. The number of methoxy groups -OCH3 is 1. The summed E-state index contributed by atoms with van der Waals surface area (Å²) in [6.07, 6.45) is 0.998. The van der Waals surface area contributed by atoms with Crippen molar-refractivity contribution in [3.05, 3.63) is 48.0 Å². The monoisotopic (exact) mass is 483 g/mol. The third-order valence-electron chi connectivity index (χ3n) is 4.16. The number of hydrogen-bond acceptors (Lipinski definition) is 4. The smallest absolute Gasteiger partial charge is 0.195 e. The number of para-hydroxylation sites is 1. The van der Waals surface area contributed by atoms with Crippen molar-refractivity contribution in [3.8, 4) is 17.2 Å². The molecule has 0 radical (unpaired) electrons. The molecular weight excluding hydrogens is 457 g/mol. The molecule has 0 fully saturated rings. The normalized spacial score (nSPS) is 15.2. The molecule has 0 aromatic heterocycles. The molecule has 2 aromatic rings. The van der Waals surface area contributed by atoms with Gasteiger partial charge in [0.05, 0.1) is 20.3 Å². The first kappa shape index (κ1) is 21.1. The summed E-state index contributed by atoms with van der Waals surface area (Å²) >= 11 is 0. The van der Waals surface area contributed by atoms with Gasteiger partial charge in [-0.25, -0.2) is 0 Å². The zero-order valence-corrected chi connectivity index (χ0v) is 18.2. The van der Waals surface area contributed by atoms with Crippen LogP contribution in [0.25, 0.3) is 0 Å². The van der Waals surface area contributed by atoms with Crippen LogP contribution in [0.15, 0.2) is 47.5 Å². The van der Waals surface area contributed by atoms with E-state index in [0.29, 0.717) is 30.6 Å². The second kappa shape index (κ2) is 10.2. The van der Waals surface area contributed by atoms with E-state index >= 15 is 0 Å². The van der Waals surface area contributed by atoms with Gasteiger partial charge in [-0.05, 0) is 30.7 Å². The molecule has 1 atom stereocenters. The van der Waals surface area contributed by atoms with Crippen LogP contribution >= 0.6 is 24.0 Å². The van der Waals surface area contributed by atoms with Crippen LogP contribution in [0.3, 0.4) is 0 Å². The van der Waals surface area contributed by atoms with E-state index in [1.54, 1.807) is 14.2 Å². The van der Waals surface area contributed by atoms with Crippen LogP contribution in [0.5, 0.6) is 17.2 Å². The van der Waals surface area contributed by atoms with Gasteiger partial charge in [-0.2, -0.15) is 0 Å². The quantitative estimate of drug-likeness (QED) is 0.373. The minimum absolute atomic E-state index is 0. The standard InChI is InChI=1S/C20H25N3O3.HI/c1-4-25-19-12-15(9-10-18(19)24-3)23-20(21-2)22-13-16-11-14-7-5-6-8-17(14)26-16;/h5-10,12,16H,4,11,13H2,1-3H3,(H2,21,22,23);1H. The number of fused-ring (bicyclic) bond motifs is 1. The number of aliphatic imine (C=N–C) groups is 1. The number of anilines is 1. The number of nitrogens with one attached hydrogen (secondary N) is 2. The fraction of sp³-hybridized carbons (Fsp3) is 0.350. The fourth-order valence-electron chi connectivity index (χ4n) is 2.92. The van der Waals surface area contributed by atoms with Crippen molar-refractivity contribution in [2.75, 3.05) is 32.6 Å².